The topological polar surface area (TPSA) is 63.6 Å². The van der Waals surface area contributed by atoms with Crippen molar-refractivity contribution in [2.75, 3.05) is 6.26 Å². The van der Waals surface area contributed by atoms with Crippen LogP contribution >= 0.6 is 0 Å². The van der Waals surface area contributed by atoms with E-state index in [9.17, 15) is 13.5 Å². The highest BCUT2D eigenvalue weighted by Crippen LogP contribution is 2.28. The summed E-state index contributed by atoms with van der Waals surface area (Å²) < 4.78 is 27.1. The molecule has 0 aromatic rings. The van der Waals surface area contributed by atoms with Crippen LogP contribution in [0.25, 0.3) is 0 Å². The number of hydrogen-bond acceptors (Lipinski definition) is 4. The Morgan fingerprint density at radius 1 is 1.18 bits per heavy atom. The van der Waals surface area contributed by atoms with Crippen LogP contribution in [-0.4, -0.2) is 31.5 Å². The Labute approximate surface area is 105 Å². The normalized spacial score (nSPS) is 14.9. The molecular weight excluding hydrogens is 240 g/mol. The first-order valence-corrected chi connectivity index (χ1v) is 8.17. The molecule has 0 aliphatic heterocycles. The fourth-order valence-corrected chi connectivity index (χ4v) is 2.55. The fraction of sp³-hybridized carbons (Fsp3) is 1.00. The highest BCUT2D eigenvalue weighted by Gasteiger charge is 2.35. The minimum atomic E-state index is -3.52. The summed E-state index contributed by atoms with van der Waals surface area (Å²) in [4.78, 5) is 0. The van der Waals surface area contributed by atoms with Gasteiger partial charge < -0.3 is 5.11 Å². The van der Waals surface area contributed by atoms with Gasteiger partial charge in [-0.15, -0.1) is 0 Å². The van der Waals surface area contributed by atoms with Crippen LogP contribution in [0.3, 0.4) is 0 Å². The van der Waals surface area contributed by atoms with Gasteiger partial charge in [-0.2, -0.15) is 8.42 Å². The van der Waals surface area contributed by atoms with Crippen molar-refractivity contribution in [2.24, 2.45) is 0 Å². The minimum absolute atomic E-state index is 0.584. The summed E-state index contributed by atoms with van der Waals surface area (Å²) in [5, 5.41) is 10.5. The summed E-state index contributed by atoms with van der Waals surface area (Å²) in [6.07, 6.45) is 5.19. The molecule has 4 nitrogen and oxygen atoms in total. The Balaban J connectivity index is 4.64. The standard InChI is InChI=1S/C12H26O4S/c1-5-7-9-12(13,10-8-6-2)11(3)16-17(4,14)15/h11,13H,5-10H2,1-4H3/t11-/m0/s1. The van der Waals surface area contributed by atoms with Gasteiger partial charge in [0.2, 0.25) is 0 Å². The van der Waals surface area contributed by atoms with Crippen LogP contribution in [0.4, 0.5) is 0 Å². The summed E-state index contributed by atoms with van der Waals surface area (Å²) in [7, 11) is -3.52. The van der Waals surface area contributed by atoms with Gasteiger partial charge in [0.15, 0.2) is 0 Å². The van der Waals surface area contributed by atoms with E-state index >= 15 is 0 Å². The largest absolute Gasteiger partial charge is 0.387 e. The SMILES string of the molecule is CCCCC(O)(CCCC)[C@H](C)OS(C)(=O)=O. The van der Waals surface area contributed by atoms with Crippen molar-refractivity contribution in [3.8, 4) is 0 Å². The Morgan fingerprint density at radius 3 is 1.88 bits per heavy atom. The number of rotatable bonds is 9. The molecule has 17 heavy (non-hydrogen) atoms. The molecule has 0 aliphatic carbocycles. The molecule has 0 rings (SSSR count). The maximum Gasteiger partial charge on any atom is 0.264 e. The molecule has 0 saturated heterocycles. The molecule has 1 atom stereocenters. The van der Waals surface area contributed by atoms with Gasteiger partial charge in [-0.3, -0.25) is 4.18 Å². The second-order valence-electron chi connectivity index (χ2n) is 4.75. The Morgan fingerprint density at radius 2 is 1.59 bits per heavy atom. The monoisotopic (exact) mass is 266 g/mol. The molecule has 1 N–H and O–H groups in total. The van der Waals surface area contributed by atoms with Crippen molar-refractivity contribution in [3.63, 3.8) is 0 Å². The van der Waals surface area contributed by atoms with Crippen molar-refractivity contribution in [1.82, 2.24) is 0 Å². The van der Waals surface area contributed by atoms with E-state index < -0.39 is 21.8 Å². The first-order valence-electron chi connectivity index (χ1n) is 6.35. The van der Waals surface area contributed by atoms with E-state index in [1.165, 1.54) is 0 Å². The summed E-state index contributed by atoms with van der Waals surface area (Å²) in [6.45, 7) is 5.72. The molecule has 0 spiro atoms. The second kappa shape index (κ2) is 7.34. The lowest BCUT2D eigenvalue weighted by Crippen LogP contribution is -2.43. The van der Waals surface area contributed by atoms with Gasteiger partial charge in [0.05, 0.1) is 11.9 Å². The van der Waals surface area contributed by atoms with Crippen LogP contribution in [0, 0.1) is 0 Å². The third-order valence-electron chi connectivity index (χ3n) is 3.00. The minimum Gasteiger partial charge on any atom is -0.387 e. The van der Waals surface area contributed by atoms with Crippen molar-refractivity contribution >= 4 is 10.1 Å². The summed E-state index contributed by atoms with van der Waals surface area (Å²) in [6, 6.07) is 0. The average Bonchev–Trinajstić information content (AvgIpc) is 2.21. The second-order valence-corrected chi connectivity index (χ2v) is 6.35. The third-order valence-corrected chi connectivity index (χ3v) is 3.64. The van der Waals surface area contributed by atoms with Crippen molar-refractivity contribution < 1.29 is 17.7 Å². The Kier molecular flexibility index (Phi) is 7.28. The van der Waals surface area contributed by atoms with E-state index in [-0.39, 0.29) is 0 Å². The molecular formula is C12H26O4S. The molecule has 0 saturated carbocycles. The highest BCUT2D eigenvalue weighted by atomic mass is 32.2. The third kappa shape index (κ3) is 7.01. The number of aliphatic hydroxyl groups is 1. The lowest BCUT2D eigenvalue weighted by atomic mass is 9.86. The van der Waals surface area contributed by atoms with Gasteiger partial charge in [0, 0.05) is 0 Å². The average molecular weight is 266 g/mol. The van der Waals surface area contributed by atoms with Crippen molar-refractivity contribution in [2.45, 2.75) is 71.0 Å². The van der Waals surface area contributed by atoms with Crippen LogP contribution in [0.1, 0.15) is 59.3 Å². The maximum atomic E-state index is 11.1. The number of hydrogen-bond donors (Lipinski definition) is 1. The quantitative estimate of drug-likeness (QED) is 0.651. The van der Waals surface area contributed by atoms with Gasteiger partial charge in [0.1, 0.15) is 6.10 Å². The van der Waals surface area contributed by atoms with Gasteiger partial charge >= 0.3 is 0 Å². The van der Waals surface area contributed by atoms with Crippen LogP contribution in [-0.2, 0) is 14.3 Å². The molecule has 0 aromatic heterocycles. The molecule has 0 heterocycles. The predicted molar refractivity (Wildman–Crippen MR) is 69.4 cm³/mol. The lowest BCUT2D eigenvalue weighted by molar-refractivity contribution is -0.0654. The van der Waals surface area contributed by atoms with Gasteiger partial charge in [-0.25, -0.2) is 0 Å². The molecule has 0 unspecified atom stereocenters. The molecule has 0 aromatic carbocycles. The highest BCUT2D eigenvalue weighted by molar-refractivity contribution is 7.86. The maximum absolute atomic E-state index is 11.1. The summed E-state index contributed by atoms with van der Waals surface area (Å²) in [5.41, 5.74) is -1.03. The van der Waals surface area contributed by atoms with E-state index in [0.717, 1.165) is 31.9 Å². The lowest BCUT2D eigenvalue weighted by Gasteiger charge is -2.33. The van der Waals surface area contributed by atoms with E-state index in [2.05, 4.69) is 0 Å². The van der Waals surface area contributed by atoms with Gasteiger partial charge in [-0.05, 0) is 19.8 Å². The summed E-state index contributed by atoms with van der Waals surface area (Å²) >= 11 is 0. The van der Waals surface area contributed by atoms with Crippen LogP contribution in [0.2, 0.25) is 0 Å². The zero-order valence-corrected chi connectivity index (χ0v) is 12.2. The van der Waals surface area contributed by atoms with E-state index in [1.807, 2.05) is 13.8 Å². The first kappa shape index (κ1) is 16.9. The van der Waals surface area contributed by atoms with Gasteiger partial charge in [-0.1, -0.05) is 39.5 Å². The van der Waals surface area contributed by atoms with Crippen LogP contribution in [0.15, 0.2) is 0 Å². The zero-order valence-electron chi connectivity index (χ0n) is 11.4. The molecule has 0 aliphatic rings. The smallest absolute Gasteiger partial charge is 0.264 e. The molecule has 0 bridgehead atoms. The molecule has 0 radical (unpaired) electrons. The summed E-state index contributed by atoms with van der Waals surface area (Å²) in [5.74, 6) is 0. The Bertz CT molecular complexity index is 290. The van der Waals surface area contributed by atoms with E-state index in [0.29, 0.717) is 12.8 Å². The Hall–Kier alpha value is -0.130. The molecule has 5 heteroatoms. The van der Waals surface area contributed by atoms with E-state index in [1.54, 1.807) is 6.92 Å². The van der Waals surface area contributed by atoms with E-state index in [4.69, 9.17) is 4.18 Å². The predicted octanol–water partition coefficient (Wildman–Crippen LogP) is 2.46. The van der Waals surface area contributed by atoms with Gasteiger partial charge in [0.25, 0.3) is 10.1 Å². The molecule has 0 fully saturated rings. The number of unbranched alkanes of at least 4 members (excludes halogenated alkanes) is 2. The van der Waals surface area contributed by atoms with Crippen molar-refractivity contribution in [1.29, 1.82) is 0 Å². The first-order chi connectivity index (χ1) is 7.75. The van der Waals surface area contributed by atoms with Crippen LogP contribution in [0.5, 0.6) is 0 Å². The zero-order chi connectivity index (χ0) is 13.5. The van der Waals surface area contributed by atoms with Crippen LogP contribution < -0.4 is 0 Å². The molecule has 0 amide bonds. The van der Waals surface area contributed by atoms with Crippen molar-refractivity contribution in [3.05, 3.63) is 0 Å². The molecule has 104 valence electrons. The fourth-order valence-electron chi connectivity index (χ4n) is 1.85.